The second-order valence-corrected chi connectivity index (χ2v) is 12.4. The molecule has 4 aromatic carbocycles. The summed E-state index contributed by atoms with van der Waals surface area (Å²) in [6.07, 6.45) is 8.05. The maximum absolute atomic E-state index is 5.48. The van der Waals surface area contributed by atoms with Crippen molar-refractivity contribution in [3.05, 3.63) is 213 Å². The summed E-state index contributed by atoms with van der Waals surface area (Å²) < 4.78 is 0. The molecule has 262 valence electrons. The summed E-state index contributed by atoms with van der Waals surface area (Å²) in [6.45, 7) is 0. The van der Waals surface area contributed by atoms with Gasteiger partial charge in [-0.05, 0) is 72.8 Å². The zero-order valence-corrected chi connectivity index (χ0v) is 32.1. The Bertz CT molecular complexity index is 2110. The first-order valence-corrected chi connectivity index (χ1v) is 17.4. The number of H-pyrrole nitrogens is 2. The van der Waals surface area contributed by atoms with Crippen LogP contribution in [0.4, 0.5) is 0 Å². The van der Waals surface area contributed by atoms with Crippen LogP contribution in [-0.2, 0) is 17.1 Å². The number of hydrogen-bond donors (Lipinski definition) is 2. The molecule has 2 aliphatic heterocycles. The fraction of sp³-hybridized carbons (Fsp3) is 0. The Balaban J connectivity index is 0.000000176. The van der Waals surface area contributed by atoms with E-state index in [0.717, 1.165) is 44.8 Å². The van der Waals surface area contributed by atoms with E-state index in [1.54, 1.807) is 48.5 Å². The SMILES string of the molecule is C1=Cc2cc3ccc(cc4ccc(cc5nc(cc1n2)C=C5)[nH]4)[nH]3.Clc1[c-]cccc1.Clc1[c-]cccc1.Clc1[c-]cccc1.Clc1[c-]cccc1.[Fe+4]. The van der Waals surface area contributed by atoms with E-state index < -0.39 is 0 Å². The summed E-state index contributed by atoms with van der Waals surface area (Å²) in [7, 11) is 0. The predicted molar refractivity (Wildman–Crippen MR) is 220 cm³/mol. The van der Waals surface area contributed by atoms with Gasteiger partial charge in [0.05, 0.1) is 22.8 Å². The van der Waals surface area contributed by atoms with Gasteiger partial charge in [-0.25, -0.2) is 9.97 Å². The molecule has 0 amide bonds. The number of halogens is 4. The van der Waals surface area contributed by atoms with Crippen molar-refractivity contribution in [3.8, 4) is 0 Å². The standard InChI is InChI=1S/C20H14N4.4C6H4Cl.Fe/c1-2-14-10-16-5-6-18(23-16)12-20-8-7-19(24-20)11-17-4-3-15(22-17)9-13(1)21-14;4*7-6-4-2-1-3-5-6;/h1-12,21-22H;4*1-4H;/q;4*-1;+4. The van der Waals surface area contributed by atoms with Crippen molar-refractivity contribution in [1.29, 1.82) is 0 Å². The normalized spacial score (nSPS) is 10.3. The largest absolute Gasteiger partial charge is 4.00 e. The molecule has 3 aromatic heterocycles. The van der Waals surface area contributed by atoms with Crippen LogP contribution in [0.2, 0.25) is 20.1 Å². The Hall–Kier alpha value is -4.84. The second-order valence-electron chi connectivity index (χ2n) is 10.7. The number of hydrogen-bond acceptors (Lipinski definition) is 2. The molecule has 53 heavy (non-hydrogen) atoms. The third-order valence-electron chi connectivity index (χ3n) is 6.73. The van der Waals surface area contributed by atoms with E-state index in [4.69, 9.17) is 46.4 Å². The molecule has 4 nitrogen and oxygen atoms in total. The van der Waals surface area contributed by atoms with Gasteiger partial charge < -0.3 is 9.97 Å². The van der Waals surface area contributed by atoms with Crippen molar-refractivity contribution in [2.45, 2.75) is 0 Å². The van der Waals surface area contributed by atoms with Crippen molar-refractivity contribution in [1.82, 2.24) is 19.9 Å². The number of benzene rings is 4. The molecule has 0 radical (unpaired) electrons. The van der Waals surface area contributed by atoms with Gasteiger partial charge in [0.1, 0.15) is 0 Å². The third-order valence-corrected chi connectivity index (χ3v) is 7.67. The van der Waals surface area contributed by atoms with Gasteiger partial charge in [0.25, 0.3) is 0 Å². The topological polar surface area (TPSA) is 57.4 Å². The van der Waals surface area contributed by atoms with Crippen molar-refractivity contribution >= 4 is 92.8 Å². The summed E-state index contributed by atoms with van der Waals surface area (Å²) in [5.74, 6) is 0. The minimum Gasteiger partial charge on any atom is -0.355 e. The first-order chi connectivity index (χ1) is 25.4. The van der Waals surface area contributed by atoms with Crippen molar-refractivity contribution in [2.24, 2.45) is 0 Å². The molecule has 7 aromatic rings. The van der Waals surface area contributed by atoms with Crippen molar-refractivity contribution in [3.63, 3.8) is 0 Å². The molecule has 9 rings (SSSR count). The van der Waals surface area contributed by atoms with Crippen LogP contribution >= 0.6 is 46.4 Å². The Morgan fingerprint density at radius 1 is 0.358 bits per heavy atom. The van der Waals surface area contributed by atoms with Crippen LogP contribution in [0.15, 0.2) is 146 Å². The van der Waals surface area contributed by atoms with E-state index in [2.05, 4.69) is 74.5 Å². The smallest absolute Gasteiger partial charge is 0.355 e. The zero-order valence-electron chi connectivity index (χ0n) is 27.9. The molecule has 0 unspecified atom stereocenters. The molecular weight excluding hydrogens is 782 g/mol. The Morgan fingerprint density at radius 3 is 0.887 bits per heavy atom. The molecule has 0 fully saturated rings. The van der Waals surface area contributed by atoms with Crippen molar-refractivity contribution in [2.75, 3.05) is 0 Å². The molecule has 9 heteroatoms. The van der Waals surface area contributed by atoms with Gasteiger partial charge in [0, 0.05) is 22.1 Å². The quantitative estimate of drug-likeness (QED) is 0.118. The second kappa shape index (κ2) is 22.3. The van der Waals surface area contributed by atoms with Gasteiger partial charge in [0.15, 0.2) is 0 Å². The summed E-state index contributed by atoms with van der Waals surface area (Å²) in [5.41, 5.74) is 7.86. The van der Waals surface area contributed by atoms with Gasteiger partial charge in [-0.1, -0.05) is 20.1 Å². The van der Waals surface area contributed by atoms with Crippen LogP contribution in [0, 0.1) is 24.3 Å². The number of nitrogens with zero attached hydrogens (tertiary/aromatic N) is 2. The molecule has 0 saturated carbocycles. The molecule has 0 atom stereocenters. The van der Waals surface area contributed by atoms with E-state index in [9.17, 15) is 0 Å². The summed E-state index contributed by atoms with van der Waals surface area (Å²) in [5, 5.41) is 2.68. The number of fused-ring (bicyclic) bond motifs is 8. The summed E-state index contributed by atoms with van der Waals surface area (Å²) in [6, 6.07) is 56.9. The van der Waals surface area contributed by atoms with Crippen LogP contribution in [0.5, 0.6) is 0 Å². The van der Waals surface area contributed by atoms with Crippen LogP contribution in [-0.4, -0.2) is 19.9 Å². The van der Waals surface area contributed by atoms with E-state index in [-0.39, 0.29) is 17.1 Å². The number of aromatic amines is 2. The average Bonchev–Trinajstić information content (AvgIpc) is 3.98. The van der Waals surface area contributed by atoms with Gasteiger partial charge >= 0.3 is 17.1 Å². The molecule has 0 aliphatic carbocycles. The molecule has 0 saturated heterocycles. The zero-order chi connectivity index (χ0) is 36.4. The number of rotatable bonds is 0. The van der Waals surface area contributed by atoms with Gasteiger partial charge in [-0.2, -0.15) is 121 Å². The van der Waals surface area contributed by atoms with E-state index in [1.165, 1.54) is 0 Å². The van der Waals surface area contributed by atoms with Crippen LogP contribution in [0.1, 0.15) is 22.8 Å². The molecule has 2 N–H and O–H groups in total. The molecule has 5 heterocycles. The third kappa shape index (κ3) is 15.3. The molecule has 2 aliphatic rings. The Labute approximate surface area is 340 Å². The van der Waals surface area contributed by atoms with Crippen molar-refractivity contribution < 1.29 is 17.1 Å². The summed E-state index contributed by atoms with van der Waals surface area (Å²) >= 11 is 21.9. The molecule has 0 spiro atoms. The Kier molecular flexibility index (Phi) is 17.2. The minimum absolute atomic E-state index is 0. The fourth-order valence-electron chi connectivity index (χ4n) is 4.43. The van der Waals surface area contributed by atoms with E-state index >= 15 is 0 Å². The van der Waals surface area contributed by atoms with Gasteiger partial charge in [-0.3, -0.25) is 0 Å². The fourth-order valence-corrected chi connectivity index (χ4v) is 4.97. The molecular formula is C44H30Cl4FeN4. The monoisotopic (exact) mass is 810 g/mol. The average molecular weight is 812 g/mol. The van der Waals surface area contributed by atoms with Gasteiger partial charge in [-0.15, -0.1) is 46.4 Å². The maximum atomic E-state index is 5.48. The first kappa shape index (κ1) is 40.9. The van der Waals surface area contributed by atoms with E-state index in [0.29, 0.717) is 20.1 Å². The minimum atomic E-state index is 0. The van der Waals surface area contributed by atoms with E-state index in [1.807, 2.05) is 91.0 Å². The first-order valence-electron chi connectivity index (χ1n) is 15.9. The predicted octanol–water partition coefficient (Wildman–Crippen LogP) is 13.2. The molecule has 8 bridgehead atoms. The van der Waals surface area contributed by atoms with Crippen LogP contribution in [0.25, 0.3) is 46.4 Å². The van der Waals surface area contributed by atoms with Crippen LogP contribution < -0.4 is 0 Å². The number of aromatic nitrogens is 4. The van der Waals surface area contributed by atoms with Crippen LogP contribution in [0.3, 0.4) is 0 Å². The van der Waals surface area contributed by atoms with Gasteiger partial charge in [0.2, 0.25) is 0 Å². The Morgan fingerprint density at radius 2 is 0.642 bits per heavy atom. The maximum Gasteiger partial charge on any atom is 4.00 e. The number of nitrogens with one attached hydrogen (secondary N) is 2. The summed E-state index contributed by atoms with van der Waals surface area (Å²) in [4.78, 5) is 16.0.